The van der Waals surface area contributed by atoms with Gasteiger partial charge in [-0.15, -0.1) is 16.4 Å². The second kappa shape index (κ2) is 9.73. The molecule has 2 aromatic carbocycles. The number of carbonyl (C=O) groups is 1. The van der Waals surface area contributed by atoms with Crippen molar-refractivity contribution in [3.05, 3.63) is 82.4 Å². The predicted molar refractivity (Wildman–Crippen MR) is 151 cm³/mol. The van der Waals surface area contributed by atoms with Crippen LogP contribution in [-0.4, -0.2) is 53.3 Å². The molecule has 0 unspecified atom stereocenters. The Morgan fingerprint density at radius 3 is 2.59 bits per heavy atom. The highest BCUT2D eigenvalue weighted by molar-refractivity contribution is 7.16. The number of nitrogens with one attached hydrogen (secondary N) is 1. The molecule has 1 saturated carbocycles. The van der Waals surface area contributed by atoms with E-state index in [0.29, 0.717) is 31.2 Å². The van der Waals surface area contributed by atoms with E-state index in [1.54, 1.807) is 11.3 Å². The number of carbonyl (C=O) groups excluding carboxylic acids is 1. The van der Waals surface area contributed by atoms with E-state index in [1.807, 2.05) is 42.5 Å². The Morgan fingerprint density at radius 2 is 1.79 bits per heavy atom. The fourth-order valence-electron chi connectivity index (χ4n) is 5.18. The quantitative estimate of drug-likeness (QED) is 0.361. The molecular weight excluding hydrogens is 510 g/mol. The van der Waals surface area contributed by atoms with Gasteiger partial charge in [0.05, 0.1) is 13.2 Å². The van der Waals surface area contributed by atoms with Crippen LogP contribution in [0.15, 0.2) is 65.1 Å². The van der Waals surface area contributed by atoms with Crippen molar-refractivity contribution in [1.82, 2.24) is 15.2 Å². The Kier molecular flexibility index (Phi) is 6.05. The summed E-state index contributed by atoms with van der Waals surface area (Å²) in [5.74, 6) is 0.405. The number of nitrogens with zero attached hydrogens (tertiary/aromatic N) is 4. The normalized spacial score (nSPS) is 20.2. The number of hydrogen-bond donors (Lipinski definition) is 1. The Morgan fingerprint density at radius 1 is 1.03 bits per heavy atom. The van der Waals surface area contributed by atoms with Gasteiger partial charge in [-0.2, -0.15) is 0 Å². The second-order valence-electron chi connectivity index (χ2n) is 10.6. The molecule has 9 heteroatoms. The molecule has 8 nitrogen and oxygen atoms in total. The third-order valence-corrected chi connectivity index (χ3v) is 9.19. The molecule has 1 N–H and O–H groups in total. The van der Waals surface area contributed by atoms with Crippen molar-refractivity contribution >= 4 is 33.7 Å². The monoisotopic (exact) mass is 539 g/mol. The zero-order valence-corrected chi connectivity index (χ0v) is 22.5. The Labute approximate surface area is 230 Å². The smallest absolute Gasteiger partial charge is 0.316 e. The van der Waals surface area contributed by atoms with Crippen LogP contribution in [0.25, 0.3) is 17.2 Å². The number of thiazole rings is 1. The van der Waals surface area contributed by atoms with Gasteiger partial charge in [0.1, 0.15) is 16.1 Å². The van der Waals surface area contributed by atoms with Crippen LogP contribution in [0, 0.1) is 0 Å². The van der Waals surface area contributed by atoms with E-state index in [0.717, 1.165) is 58.2 Å². The van der Waals surface area contributed by atoms with Crippen LogP contribution in [0.2, 0.25) is 0 Å². The van der Waals surface area contributed by atoms with Crippen LogP contribution in [0.3, 0.4) is 0 Å². The first-order valence-corrected chi connectivity index (χ1v) is 14.2. The van der Waals surface area contributed by atoms with Crippen molar-refractivity contribution in [2.45, 2.75) is 37.6 Å². The molecular formula is C30H29N5O3S. The van der Waals surface area contributed by atoms with E-state index in [-0.39, 0.29) is 17.2 Å². The lowest BCUT2D eigenvalue weighted by atomic mass is 9.94. The van der Waals surface area contributed by atoms with E-state index < -0.39 is 6.04 Å². The molecule has 1 saturated heterocycles. The number of Topliss-reactive ketones (excluding diaryl/α,β-unsaturated/α-hetero) is 1. The zero-order valence-electron chi connectivity index (χ0n) is 21.7. The van der Waals surface area contributed by atoms with Crippen LogP contribution < -0.4 is 10.2 Å². The minimum atomic E-state index is -0.615. The van der Waals surface area contributed by atoms with Gasteiger partial charge >= 0.3 is 6.01 Å². The van der Waals surface area contributed by atoms with Gasteiger partial charge in [0.15, 0.2) is 11.5 Å². The van der Waals surface area contributed by atoms with Gasteiger partial charge in [0.2, 0.25) is 0 Å². The summed E-state index contributed by atoms with van der Waals surface area (Å²) in [7, 11) is 0. The largest absolute Gasteiger partial charge is 0.402 e. The highest BCUT2D eigenvalue weighted by Crippen LogP contribution is 2.52. The van der Waals surface area contributed by atoms with Gasteiger partial charge in [0, 0.05) is 24.9 Å². The number of ketones is 1. The first kappa shape index (κ1) is 24.2. The summed E-state index contributed by atoms with van der Waals surface area (Å²) >= 11 is 1.72. The van der Waals surface area contributed by atoms with Gasteiger partial charge in [-0.05, 0) is 41.2 Å². The Bertz CT molecular complexity index is 1550. The number of aromatic nitrogens is 3. The number of fused-ring (bicyclic) bond motifs is 1. The summed E-state index contributed by atoms with van der Waals surface area (Å²) in [4.78, 5) is 20.7. The molecule has 7 rings (SSSR count). The first-order chi connectivity index (χ1) is 19.1. The molecule has 198 valence electrons. The maximum absolute atomic E-state index is 13.4. The minimum absolute atomic E-state index is 0.0414. The summed E-state index contributed by atoms with van der Waals surface area (Å²) in [6, 6.07) is 17.8. The van der Waals surface area contributed by atoms with Crippen molar-refractivity contribution in [2.24, 2.45) is 0 Å². The highest BCUT2D eigenvalue weighted by Gasteiger charge is 2.43. The zero-order chi connectivity index (χ0) is 26.4. The van der Waals surface area contributed by atoms with Gasteiger partial charge in [-0.3, -0.25) is 4.79 Å². The van der Waals surface area contributed by atoms with E-state index in [1.165, 1.54) is 0 Å². The molecule has 0 bridgehead atoms. The van der Waals surface area contributed by atoms with Crippen LogP contribution in [0.1, 0.15) is 41.5 Å². The van der Waals surface area contributed by atoms with Crippen LogP contribution in [0.5, 0.6) is 0 Å². The summed E-state index contributed by atoms with van der Waals surface area (Å²) < 4.78 is 11.7. The maximum Gasteiger partial charge on any atom is 0.316 e. The number of rotatable bonds is 6. The molecule has 1 atom stereocenters. The number of morpholine rings is 1. The summed E-state index contributed by atoms with van der Waals surface area (Å²) in [5.41, 5.74) is 4.97. The molecule has 1 aliphatic heterocycles. The van der Waals surface area contributed by atoms with Gasteiger partial charge in [0.25, 0.3) is 5.89 Å². The van der Waals surface area contributed by atoms with Crippen molar-refractivity contribution in [1.29, 1.82) is 0 Å². The van der Waals surface area contributed by atoms with Crippen LogP contribution >= 0.6 is 11.3 Å². The van der Waals surface area contributed by atoms with E-state index in [2.05, 4.69) is 45.5 Å². The van der Waals surface area contributed by atoms with Crippen molar-refractivity contribution in [3.63, 3.8) is 0 Å². The van der Waals surface area contributed by atoms with Crippen LogP contribution in [-0.2, 0) is 21.4 Å². The average molecular weight is 540 g/mol. The molecule has 2 fully saturated rings. The van der Waals surface area contributed by atoms with E-state index >= 15 is 0 Å². The molecule has 3 heterocycles. The molecule has 0 amide bonds. The predicted octanol–water partition coefficient (Wildman–Crippen LogP) is 5.12. The minimum Gasteiger partial charge on any atom is -0.402 e. The summed E-state index contributed by atoms with van der Waals surface area (Å²) in [6.07, 6.45) is 4.57. The van der Waals surface area contributed by atoms with Crippen molar-refractivity contribution in [2.75, 3.05) is 36.5 Å². The Balaban J connectivity index is 1.21. The average Bonchev–Trinajstić information content (AvgIpc) is 3.37. The fourth-order valence-corrected chi connectivity index (χ4v) is 6.49. The third-order valence-electron chi connectivity index (χ3n) is 7.77. The fraction of sp³-hybridized carbons (Fsp3) is 0.333. The number of anilines is 2. The Hall–Kier alpha value is -3.82. The molecule has 0 radical (unpaired) electrons. The maximum atomic E-state index is 13.4. The van der Waals surface area contributed by atoms with Crippen LogP contribution in [0.4, 0.5) is 11.0 Å². The van der Waals surface area contributed by atoms with Gasteiger partial charge in [-0.1, -0.05) is 66.6 Å². The van der Waals surface area contributed by atoms with Gasteiger partial charge in [-0.25, -0.2) is 4.98 Å². The standard InChI is InChI=1S/C30H29N5O3S/c1-30(11-12-30)28-32-25(27(39-28)35-13-15-37-16-14-35)26-33-34-29(38-26)31-23-18-22(19-7-3-2-4-8-19)21-10-6-5-9-20(21)17-24(23)36/h2-10,18,23H,11-17H2,1H3,(H,31,34)/t23-/m0/s1. The molecule has 4 aromatic rings. The lowest BCUT2D eigenvalue weighted by Crippen LogP contribution is -2.36. The lowest BCUT2D eigenvalue weighted by molar-refractivity contribution is -0.118. The van der Waals surface area contributed by atoms with Crippen molar-refractivity contribution in [3.8, 4) is 11.6 Å². The van der Waals surface area contributed by atoms with Gasteiger partial charge < -0.3 is 19.4 Å². The number of ether oxygens (including phenoxy) is 1. The van der Waals surface area contributed by atoms with E-state index in [4.69, 9.17) is 14.1 Å². The first-order valence-electron chi connectivity index (χ1n) is 13.4. The summed E-state index contributed by atoms with van der Waals surface area (Å²) in [5, 5.41) is 14.0. The molecule has 2 aliphatic carbocycles. The third kappa shape index (κ3) is 4.66. The molecule has 39 heavy (non-hydrogen) atoms. The number of hydrogen-bond acceptors (Lipinski definition) is 9. The number of benzene rings is 2. The topological polar surface area (TPSA) is 93.4 Å². The SMILES string of the molecule is CC1(c2nc(-c3nnc(N[C@H]4C=C(c5ccccc5)c5ccccc5CC4=O)o3)c(N3CCOCC3)s2)CC1. The molecule has 0 spiro atoms. The second-order valence-corrected chi connectivity index (χ2v) is 11.6. The molecule has 3 aliphatic rings. The molecule has 2 aromatic heterocycles. The highest BCUT2D eigenvalue weighted by atomic mass is 32.1. The summed E-state index contributed by atoms with van der Waals surface area (Å²) in [6.45, 7) is 5.22. The van der Waals surface area contributed by atoms with Crippen molar-refractivity contribution < 1.29 is 13.9 Å². The lowest BCUT2D eigenvalue weighted by Gasteiger charge is -2.27. The van der Waals surface area contributed by atoms with E-state index in [9.17, 15) is 4.79 Å².